The van der Waals surface area contributed by atoms with Crippen LogP contribution < -0.4 is 14.2 Å². The zero-order valence-corrected chi connectivity index (χ0v) is 18.1. The summed E-state index contributed by atoms with van der Waals surface area (Å²) in [7, 11) is -2.49. The van der Waals surface area contributed by atoms with E-state index < -0.39 is 21.8 Å². The van der Waals surface area contributed by atoms with Gasteiger partial charge < -0.3 is 9.47 Å². The zero-order chi connectivity index (χ0) is 23.5. The fourth-order valence-electron chi connectivity index (χ4n) is 2.85. The second-order valence-electron chi connectivity index (χ2n) is 6.76. The van der Waals surface area contributed by atoms with Crippen molar-refractivity contribution in [2.45, 2.75) is 31.5 Å². The van der Waals surface area contributed by atoms with Crippen LogP contribution in [-0.4, -0.2) is 30.7 Å². The molecule has 12 heteroatoms. The molecule has 2 aromatic heterocycles. The summed E-state index contributed by atoms with van der Waals surface area (Å²) in [5.74, 6) is 0.460. The van der Waals surface area contributed by atoms with Gasteiger partial charge in [-0.1, -0.05) is 0 Å². The number of rotatable bonds is 7. The number of halogens is 3. The lowest BCUT2D eigenvalue weighted by atomic mass is 10.1. The van der Waals surface area contributed by atoms with Crippen molar-refractivity contribution in [2.75, 3.05) is 7.11 Å². The minimum absolute atomic E-state index is 0.00112. The third-order valence-corrected chi connectivity index (χ3v) is 5.81. The molecule has 0 aliphatic rings. The highest BCUT2D eigenvalue weighted by atomic mass is 32.2. The van der Waals surface area contributed by atoms with Gasteiger partial charge in [0.2, 0.25) is 21.8 Å². The first-order valence-electron chi connectivity index (χ1n) is 9.18. The van der Waals surface area contributed by atoms with Gasteiger partial charge in [0.15, 0.2) is 0 Å². The Morgan fingerprint density at radius 1 is 1.09 bits per heavy atom. The maximum Gasteiger partial charge on any atom is 0.417 e. The van der Waals surface area contributed by atoms with Crippen LogP contribution in [0.3, 0.4) is 0 Å². The van der Waals surface area contributed by atoms with Crippen LogP contribution in [0.1, 0.15) is 22.3 Å². The van der Waals surface area contributed by atoms with E-state index in [4.69, 9.17) is 9.47 Å². The highest BCUT2D eigenvalue weighted by Crippen LogP contribution is 2.33. The van der Waals surface area contributed by atoms with Crippen LogP contribution in [0, 0.1) is 13.8 Å². The first-order valence-corrected chi connectivity index (χ1v) is 10.7. The fourth-order valence-corrected chi connectivity index (χ4v) is 4.02. The standard InChI is InChI=1S/C20H19F3N4O4S/c1-12-8-16(32(28,29)26-10-14-6-7-25-27-19(14)30-3)9-13(2)18(12)31-17-5-4-15(11-24-17)20(21,22)23/h4-9,11,26H,10H2,1-3H3. The molecule has 3 rings (SSSR count). The molecule has 0 atom stereocenters. The minimum atomic E-state index is -4.50. The Kier molecular flexibility index (Phi) is 6.65. The van der Waals surface area contributed by atoms with E-state index >= 15 is 0 Å². The first-order chi connectivity index (χ1) is 15.0. The van der Waals surface area contributed by atoms with Gasteiger partial charge in [0.05, 0.1) is 23.8 Å². The number of methoxy groups -OCH3 is 1. The summed E-state index contributed by atoms with van der Waals surface area (Å²) in [6.07, 6.45) is -2.41. The molecule has 0 saturated heterocycles. The van der Waals surface area contributed by atoms with Gasteiger partial charge >= 0.3 is 6.18 Å². The molecule has 0 aliphatic heterocycles. The number of alkyl halides is 3. The number of benzene rings is 1. The van der Waals surface area contributed by atoms with Crippen molar-refractivity contribution in [2.24, 2.45) is 0 Å². The van der Waals surface area contributed by atoms with Crippen molar-refractivity contribution in [3.05, 3.63) is 65.0 Å². The Hall–Kier alpha value is -3.25. The third kappa shape index (κ3) is 5.32. The summed E-state index contributed by atoms with van der Waals surface area (Å²) in [6, 6.07) is 6.34. The molecule has 0 aliphatic carbocycles. The molecule has 0 radical (unpaired) electrons. The van der Waals surface area contributed by atoms with Gasteiger partial charge in [-0.2, -0.15) is 18.3 Å². The SMILES string of the molecule is COc1nnccc1CNS(=O)(=O)c1cc(C)c(Oc2ccc(C(F)(F)F)cn2)c(C)c1. The van der Waals surface area contributed by atoms with Crippen LogP contribution in [0.4, 0.5) is 13.2 Å². The molecule has 1 N–H and O–H groups in total. The van der Waals surface area contributed by atoms with Gasteiger partial charge in [-0.15, -0.1) is 5.10 Å². The van der Waals surface area contributed by atoms with Crippen LogP contribution in [0.2, 0.25) is 0 Å². The predicted octanol–water partition coefficient (Wildman–Crippen LogP) is 3.79. The largest absolute Gasteiger partial charge is 0.480 e. The Morgan fingerprint density at radius 2 is 1.78 bits per heavy atom. The molecule has 170 valence electrons. The van der Waals surface area contributed by atoms with Crippen molar-refractivity contribution in [1.29, 1.82) is 0 Å². The van der Waals surface area contributed by atoms with E-state index in [1.165, 1.54) is 25.4 Å². The summed E-state index contributed by atoms with van der Waals surface area (Å²) in [5.41, 5.74) is 0.546. The predicted molar refractivity (Wildman–Crippen MR) is 108 cm³/mol. The Balaban J connectivity index is 1.80. The molecule has 8 nitrogen and oxygen atoms in total. The average Bonchev–Trinajstić information content (AvgIpc) is 2.74. The van der Waals surface area contributed by atoms with Crippen molar-refractivity contribution >= 4 is 10.0 Å². The van der Waals surface area contributed by atoms with Crippen LogP contribution in [0.25, 0.3) is 0 Å². The monoisotopic (exact) mass is 468 g/mol. The molecule has 0 fully saturated rings. The van der Waals surface area contributed by atoms with Gasteiger partial charge in [0, 0.05) is 24.4 Å². The molecule has 3 aromatic rings. The molecule has 0 spiro atoms. The van der Waals surface area contributed by atoms with Crippen LogP contribution in [-0.2, 0) is 22.7 Å². The molecule has 0 unspecified atom stereocenters. The highest BCUT2D eigenvalue weighted by molar-refractivity contribution is 7.89. The van der Waals surface area contributed by atoms with Gasteiger partial charge in [-0.05, 0) is 49.2 Å². The maximum atomic E-state index is 12.8. The summed E-state index contributed by atoms with van der Waals surface area (Å²) >= 11 is 0. The van der Waals surface area contributed by atoms with Crippen LogP contribution in [0.15, 0.2) is 47.6 Å². The third-order valence-electron chi connectivity index (χ3n) is 4.43. The lowest BCUT2D eigenvalue weighted by Crippen LogP contribution is -2.24. The van der Waals surface area contributed by atoms with E-state index in [-0.39, 0.29) is 23.2 Å². The van der Waals surface area contributed by atoms with Gasteiger partial charge in [-0.3, -0.25) is 0 Å². The molecular formula is C20H19F3N4O4S. The van der Waals surface area contributed by atoms with E-state index in [1.54, 1.807) is 19.9 Å². The number of sulfonamides is 1. The molecule has 0 bridgehead atoms. The number of aromatic nitrogens is 3. The van der Waals surface area contributed by atoms with Crippen molar-refractivity contribution in [3.63, 3.8) is 0 Å². The number of hydrogen-bond donors (Lipinski definition) is 1. The van der Waals surface area contributed by atoms with E-state index in [0.29, 0.717) is 28.6 Å². The number of aryl methyl sites for hydroxylation is 2. The molecule has 0 amide bonds. The quantitative estimate of drug-likeness (QED) is 0.563. The number of ether oxygens (including phenoxy) is 2. The number of nitrogens with zero attached hydrogens (tertiary/aromatic N) is 3. The van der Waals surface area contributed by atoms with Crippen LogP contribution in [0.5, 0.6) is 17.5 Å². The first kappa shape index (κ1) is 23.4. The van der Waals surface area contributed by atoms with E-state index in [9.17, 15) is 21.6 Å². The summed E-state index contributed by atoms with van der Waals surface area (Å²) < 4.78 is 76.7. The molecule has 1 aromatic carbocycles. The number of nitrogens with one attached hydrogen (secondary N) is 1. The van der Waals surface area contributed by atoms with E-state index in [2.05, 4.69) is 19.9 Å². The Labute approximate surface area is 182 Å². The Morgan fingerprint density at radius 3 is 2.34 bits per heavy atom. The lowest BCUT2D eigenvalue weighted by molar-refractivity contribution is -0.137. The number of pyridine rings is 1. The molecular weight excluding hydrogens is 449 g/mol. The minimum Gasteiger partial charge on any atom is -0.480 e. The lowest BCUT2D eigenvalue weighted by Gasteiger charge is -2.15. The fraction of sp³-hybridized carbons (Fsp3) is 0.250. The van der Waals surface area contributed by atoms with Crippen molar-refractivity contribution < 1.29 is 31.1 Å². The van der Waals surface area contributed by atoms with Gasteiger partial charge in [0.25, 0.3) is 0 Å². The van der Waals surface area contributed by atoms with Crippen LogP contribution >= 0.6 is 0 Å². The Bertz CT molecular complexity index is 1190. The molecule has 0 saturated carbocycles. The molecule has 2 heterocycles. The second kappa shape index (κ2) is 9.09. The smallest absolute Gasteiger partial charge is 0.417 e. The normalized spacial score (nSPS) is 11.9. The van der Waals surface area contributed by atoms with E-state index in [1.807, 2.05) is 0 Å². The highest BCUT2D eigenvalue weighted by Gasteiger charge is 2.30. The van der Waals surface area contributed by atoms with Crippen molar-refractivity contribution in [3.8, 4) is 17.5 Å². The summed E-state index contributed by atoms with van der Waals surface area (Å²) in [5, 5.41) is 7.45. The van der Waals surface area contributed by atoms with Crippen molar-refractivity contribution in [1.82, 2.24) is 19.9 Å². The maximum absolute atomic E-state index is 12.8. The second-order valence-corrected chi connectivity index (χ2v) is 8.53. The number of hydrogen-bond acceptors (Lipinski definition) is 7. The molecule has 32 heavy (non-hydrogen) atoms. The summed E-state index contributed by atoms with van der Waals surface area (Å²) in [6.45, 7) is 3.19. The average molecular weight is 468 g/mol. The summed E-state index contributed by atoms with van der Waals surface area (Å²) in [4.78, 5) is 3.68. The van der Waals surface area contributed by atoms with Gasteiger partial charge in [0.1, 0.15) is 5.75 Å². The zero-order valence-electron chi connectivity index (χ0n) is 17.3. The van der Waals surface area contributed by atoms with E-state index in [0.717, 1.165) is 12.1 Å². The topological polar surface area (TPSA) is 103 Å². The van der Waals surface area contributed by atoms with Gasteiger partial charge in [-0.25, -0.2) is 18.1 Å².